The number of rotatable bonds is 4. The molecule has 112 valence electrons. The Bertz CT molecular complexity index is 469. The highest BCUT2D eigenvalue weighted by Crippen LogP contribution is 2.29. The third-order valence-corrected chi connectivity index (χ3v) is 3.09. The lowest BCUT2D eigenvalue weighted by molar-refractivity contribution is -0.117. The summed E-state index contributed by atoms with van der Waals surface area (Å²) in [5, 5.41) is 5.76. The van der Waals surface area contributed by atoms with E-state index in [2.05, 4.69) is 15.4 Å². The van der Waals surface area contributed by atoms with Gasteiger partial charge in [-0.25, -0.2) is 0 Å². The molecule has 8 heteroatoms. The van der Waals surface area contributed by atoms with Crippen molar-refractivity contribution < 1.29 is 18.3 Å². The van der Waals surface area contributed by atoms with E-state index in [-0.39, 0.29) is 35.1 Å². The molecule has 1 atom stereocenters. The number of anilines is 1. The summed E-state index contributed by atoms with van der Waals surface area (Å²) in [7, 11) is 0. The SMILES string of the molecule is Cl.O=C(Nc1ccc(OC(F)F)c(Cl)c1)[C@@H]1CCCN1. The molecule has 1 amide bonds. The van der Waals surface area contributed by atoms with E-state index in [1.54, 1.807) is 0 Å². The van der Waals surface area contributed by atoms with Gasteiger partial charge in [-0.3, -0.25) is 4.79 Å². The molecule has 1 aromatic rings. The summed E-state index contributed by atoms with van der Waals surface area (Å²) < 4.78 is 28.3. The van der Waals surface area contributed by atoms with Gasteiger partial charge in [-0.2, -0.15) is 8.78 Å². The van der Waals surface area contributed by atoms with E-state index in [9.17, 15) is 13.6 Å². The van der Waals surface area contributed by atoms with Crippen LogP contribution in [0.25, 0.3) is 0 Å². The Morgan fingerprint density at radius 1 is 1.50 bits per heavy atom. The van der Waals surface area contributed by atoms with E-state index in [0.717, 1.165) is 19.4 Å². The van der Waals surface area contributed by atoms with E-state index in [4.69, 9.17) is 11.6 Å². The van der Waals surface area contributed by atoms with Crippen molar-refractivity contribution in [1.82, 2.24) is 5.32 Å². The average molecular weight is 327 g/mol. The van der Waals surface area contributed by atoms with E-state index >= 15 is 0 Å². The summed E-state index contributed by atoms with van der Waals surface area (Å²) in [6.45, 7) is -2.11. The van der Waals surface area contributed by atoms with Crippen molar-refractivity contribution in [1.29, 1.82) is 0 Å². The zero-order valence-corrected chi connectivity index (χ0v) is 11.9. The number of hydrogen-bond acceptors (Lipinski definition) is 3. The Balaban J connectivity index is 0.00000200. The lowest BCUT2D eigenvalue weighted by atomic mass is 10.2. The third kappa shape index (κ3) is 4.47. The zero-order valence-electron chi connectivity index (χ0n) is 10.4. The Morgan fingerprint density at radius 2 is 2.25 bits per heavy atom. The van der Waals surface area contributed by atoms with Crippen LogP contribution in [-0.4, -0.2) is 25.1 Å². The van der Waals surface area contributed by atoms with Crippen molar-refractivity contribution in [2.24, 2.45) is 0 Å². The maximum Gasteiger partial charge on any atom is 0.387 e. The van der Waals surface area contributed by atoms with Crippen molar-refractivity contribution >= 4 is 35.6 Å². The van der Waals surface area contributed by atoms with Gasteiger partial charge >= 0.3 is 6.61 Å². The molecule has 20 heavy (non-hydrogen) atoms. The Kier molecular flexibility index (Phi) is 6.45. The minimum Gasteiger partial charge on any atom is -0.433 e. The van der Waals surface area contributed by atoms with Gasteiger partial charge in [-0.1, -0.05) is 11.6 Å². The van der Waals surface area contributed by atoms with Gasteiger partial charge in [0.25, 0.3) is 0 Å². The molecule has 0 aromatic heterocycles. The predicted molar refractivity (Wildman–Crippen MR) is 75.0 cm³/mol. The molecule has 1 saturated heterocycles. The van der Waals surface area contributed by atoms with Crippen LogP contribution < -0.4 is 15.4 Å². The number of carbonyl (C=O) groups excluding carboxylic acids is 1. The minimum atomic E-state index is -2.93. The van der Waals surface area contributed by atoms with Gasteiger partial charge in [0.2, 0.25) is 5.91 Å². The molecule has 0 saturated carbocycles. The predicted octanol–water partition coefficient (Wildman–Crippen LogP) is 3.05. The number of halogens is 4. The fourth-order valence-electron chi connectivity index (χ4n) is 1.91. The van der Waals surface area contributed by atoms with Crippen LogP contribution in [0, 0.1) is 0 Å². The topological polar surface area (TPSA) is 50.4 Å². The molecule has 0 spiro atoms. The molecule has 0 aliphatic carbocycles. The number of nitrogens with one attached hydrogen (secondary N) is 2. The first-order valence-electron chi connectivity index (χ1n) is 5.85. The Hall–Kier alpha value is -1.11. The van der Waals surface area contributed by atoms with Crippen molar-refractivity contribution in [3.63, 3.8) is 0 Å². The monoisotopic (exact) mass is 326 g/mol. The van der Waals surface area contributed by atoms with Crippen LogP contribution in [-0.2, 0) is 4.79 Å². The lowest BCUT2D eigenvalue weighted by Crippen LogP contribution is -2.35. The van der Waals surface area contributed by atoms with Crippen molar-refractivity contribution in [3.05, 3.63) is 23.2 Å². The van der Waals surface area contributed by atoms with E-state index in [0.29, 0.717) is 5.69 Å². The summed E-state index contributed by atoms with van der Waals surface area (Å²) in [5.74, 6) is -0.273. The maximum absolute atomic E-state index is 12.1. The number of hydrogen-bond donors (Lipinski definition) is 2. The average Bonchev–Trinajstić information content (AvgIpc) is 2.86. The molecule has 2 rings (SSSR count). The summed E-state index contributed by atoms with van der Waals surface area (Å²) in [6.07, 6.45) is 1.74. The Morgan fingerprint density at radius 3 is 2.80 bits per heavy atom. The highest BCUT2D eigenvalue weighted by atomic mass is 35.5. The van der Waals surface area contributed by atoms with E-state index in [1.165, 1.54) is 18.2 Å². The largest absolute Gasteiger partial charge is 0.433 e. The first-order chi connectivity index (χ1) is 9.06. The van der Waals surface area contributed by atoms with Crippen molar-refractivity contribution in [3.8, 4) is 5.75 Å². The molecule has 0 radical (unpaired) electrons. The minimum absolute atomic E-state index is 0. The summed E-state index contributed by atoms with van der Waals surface area (Å²) in [6, 6.07) is 3.94. The zero-order chi connectivity index (χ0) is 13.8. The van der Waals surface area contributed by atoms with Crippen LogP contribution in [0.15, 0.2) is 18.2 Å². The van der Waals surface area contributed by atoms with Crippen LogP contribution in [0.1, 0.15) is 12.8 Å². The summed E-state index contributed by atoms with van der Waals surface area (Å²) in [5.41, 5.74) is 0.449. The molecule has 2 N–H and O–H groups in total. The third-order valence-electron chi connectivity index (χ3n) is 2.79. The quantitative estimate of drug-likeness (QED) is 0.894. The van der Waals surface area contributed by atoms with Gasteiger partial charge in [-0.15, -0.1) is 12.4 Å². The lowest BCUT2D eigenvalue weighted by Gasteiger charge is -2.12. The van der Waals surface area contributed by atoms with Gasteiger partial charge in [0.15, 0.2) is 0 Å². The molecule has 0 unspecified atom stereocenters. The molecule has 1 aromatic carbocycles. The van der Waals surface area contributed by atoms with Crippen LogP contribution in [0.3, 0.4) is 0 Å². The molecule has 1 heterocycles. The maximum atomic E-state index is 12.1. The van der Waals surface area contributed by atoms with Crippen LogP contribution in [0.4, 0.5) is 14.5 Å². The molecular weight excluding hydrogens is 313 g/mol. The highest BCUT2D eigenvalue weighted by Gasteiger charge is 2.22. The van der Waals surface area contributed by atoms with Crippen molar-refractivity contribution in [2.75, 3.05) is 11.9 Å². The molecule has 0 bridgehead atoms. The van der Waals surface area contributed by atoms with Gasteiger partial charge in [-0.05, 0) is 37.6 Å². The second kappa shape index (κ2) is 7.61. The van der Waals surface area contributed by atoms with Crippen LogP contribution >= 0.6 is 24.0 Å². The van der Waals surface area contributed by atoms with Crippen LogP contribution in [0.2, 0.25) is 5.02 Å². The molecule has 1 aliphatic rings. The smallest absolute Gasteiger partial charge is 0.387 e. The number of carbonyl (C=O) groups is 1. The molecule has 1 fully saturated rings. The summed E-state index contributed by atoms with van der Waals surface area (Å²) in [4.78, 5) is 11.8. The summed E-state index contributed by atoms with van der Waals surface area (Å²) >= 11 is 5.79. The highest BCUT2D eigenvalue weighted by molar-refractivity contribution is 6.32. The van der Waals surface area contributed by atoms with E-state index < -0.39 is 6.61 Å². The second-order valence-electron chi connectivity index (χ2n) is 4.16. The number of ether oxygens (including phenoxy) is 1. The van der Waals surface area contributed by atoms with Gasteiger partial charge < -0.3 is 15.4 Å². The first-order valence-corrected chi connectivity index (χ1v) is 6.22. The first kappa shape index (κ1) is 16.9. The van der Waals surface area contributed by atoms with Crippen molar-refractivity contribution in [2.45, 2.75) is 25.5 Å². The van der Waals surface area contributed by atoms with Gasteiger partial charge in [0.1, 0.15) is 5.75 Å². The fraction of sp³-hybridized carbons (Fsp3) is 0.417. The van der Waals surface area contributed by atoms with Gasteiger partial charge in [0, 0.05) is 5.69 Å². The molecule has 1 aliphatic heterocycles. The van der Waals surface area contributed by atoms with Crippen LogP contribution in [0.5, 0.6) is 5.75 Å². The van der Waals surface area contributed by atoms with E-state index in [1.807, 2.05) is 0 Å². The number of alkyl halides is 2. The van der Waals surface area contributed by atoms with Gasteiger partial charge in [0.05, 0.1) is 11.1 Å². The number of benzene rings is 1. The Labute approximate surface area is 126 Å². The second-order valence-corrected chi connectivity index (χ2v) is 4.57. The number of amides is 1. The standard InChI is InChI=1S/C12H13ClF2N2O2.ClH/c13-8-6-7(3-4-10(8)19-12(14)15)17-11(18)9-2-1-5-16-9;/h3-4,6,9,12,16H,1-2,5H2,(H,17,18);1H/t9-;/m0./s1. The fourth-order valence-corrected chi connectivity index (χ4v) is 2.13. The normalized spacial score (nSPS) is 17.7. The molecule has 4 nitrogen and oxygen atoms in total. The molecular formula is C12H14Cl2F2N2O2.